The molecule has 0 aromatic rings. The van der Waals surface area contributed by atoms with Gasteiger partial charge in [0.15, 0.2) is 0 Å². The number of hydrogen-bond donors (Lipinski definition) is 1. The molecule has 0 aromatic carbocycles. The molecule has 0 spiro atoms. The molecule has 1 saturated carbocycles. The molecule has 14 heavy (non-hydrogen) atoms. The maximum atomic E-state index is 6.13. The van der Waals surface area contributed by atoms with E-state index < -0.39 is 0 Å². The van der Waals surface area contributed by atoms with E-state index in [1.165, 1.54) is 38.8 Å². The third-order valence-corrected chi connectivity index (χ3v) is 3.77. The van der Waals surface area contributed by atoms with Crippen LogP contribution in [0.15, 0.2) is 0 Å². The zero-order valence-electron chi connectivity index (χ0n) is 9.50. The predicted molar refractivity (Wildman–Crippen MR) is 59.3 cm³/mol. The van der Waals surface area contributed by atoms with Crippen LogP contribution in [0.5, 0.6) is 0 Å². The second-order valence-corrected chi connectivity index (χ2v) is 5.31. The number of likely N-dealkylation sites (tertiary alicyclic amines) is 1. The Morgan fingerprint density at radius 2 is 1.93 bits per heavy atom. The fourth-order valence-electron chi connectivity index (χ4n) is 2.38. The highest BCUT2D eigenvalue weighted by Gasteiger charge is 2.40. The largest absolute Gasteiger partial charge is 0.324 e. The molecular formula is C11H23N3. The molecule has 1 aliphatic heterocycles. The fourth-order valence-corrected chi connectivity index (χ4v) is 2.38. The maximum Gasteiger partial charge on any atom is 0.0284 e. The number of likely N-dealkylation sites (N-methyl/N-ethyl adjacent to an activating group) is 1. The first-order valence-electron chi connectivity index (χ1n) is 5.77. The summed E-state index contributed by atoms with van der Waals surface area (Å²) in [6.45, 7) is 3.58. The normalized spacial score (nSPS) is 28.3. The molecule has 0 bridgehead atoms. The molecule has 2 fully saturated rings. The SMILES string of the molecule is CN1CCC(N(C)CC2(N)CC2)CC1. The highest BCUT2D eigenvalue weighted by Crippen LogP contribution is 2.33. The molecule has 2 aliphatic rings. The van der Waals surface area contributed by atoms with Crippen LogP contribution in [0.1, 0.15) is 25.7 Å². The van der Waals surface area contributed by atoms with Crippen LogP contribution in [0.25, 0.3) is 0 Å². The Kier molecular flexibility index (Phi) is 2.82. The van der Waals surface area contributed by atoms with Gasteiger partial charge in [0.05, 0.1) is 0 Å². The molecule has 3 nitrogen and oxygen atoms in total. The molecular weight excluding hydrogens is 174 g/mol. The average molecular weight is 197 g/mol. The van der Waals surface area contributed by atoms with Crippen molar-refractivity contribution >= 4 is 0 Å². The Morgan fingerprint density at radius 1 is 1.36 bits per heavy atom. The smallest absolute Gasteiger partial charge is 0.0284 e. The van der Waals surface area contributed by atoms with Gasteiger partial charge in [0.1, 0.15) is 0 Å². The van der Waals surface area contributed by atoms with Gasteiger partial charge < -0.3 is 15.5 Å². The molecule has 0 atom stereocenters. The minimum atomic E-state index is 0.179. The first kappa shape index (κ1) is 10.4. The Bertz CT molecular complexity index is 193. The first-order valence-corrected chi connectivity index (χ1v) is 5.77. The van der Waals surface area contributed by atoms with E-state index in [1.807, 2.05) is 0 Å². The lowest BCUT2D eigenvalue weighted by Gasteiger charge is -2.36. The van der Waals surface area contributed by atoms with Crippen LogP contribution < -0.4 is 5.73 Å². The first-order chi connectivity index (χ1) is 6.59. The van der Waals surface area contributed by atoms with Crippen molar-refractivity contribution in [2.75, 3.05) is 33.7 Å². The molecule has 1 heterocycles. The Morgan fingerprint density at radius 3 is 2.43 bits per heavy atom. The zero-order chi connectivity index (χ0) is 10.2. The summed E-state index contributed by atoms with van der Waals surface area (Å²) in [5, 5.41) is 0. The predicted octanol–water partition coefficient (Wildman–Crippen LogP) is 0.504. The van der Waals surface area contributed by atoms with E-state index in [-0.39, 0.29) is 5.54 Å². The monoisotopic (exact) mass is 197 g/mol. The van der Waals surface area contributed by atoms with Crippen LogP contribution in [0.2, 0.25) is 0 Å². The number of nitrogens with two attached hydrogens (primary N) is 1. The molecule has 1 saturated heterocycles. The van der Waals surface area contributed by atoms with Gasteiger partial charge in [-0.3, -0.25) is 0 Å². The Balaban J connectivity index is 1.77. The Labute approximate surface area is 87.2 Å². The van der Waals surface area contributed by atoms with Crippen LogP contribution in [-0.2, 0) is 0 Å². The number of rotatable bonds is 3. The van der Waals surface area contributed by atoms with E-state index in [2.05, 4.69) is 23.9 Å². The van der Waals surface area contributed by atoms with Crippen LogP contribution in [-0.4, -0.2) is 55.1 Å². The van der Waals surface area contributed by atoms with Gasteiger partial charge in [-0.05, 0) is 52.9 Å². The third kappa shape index (κ3) is 2.47. The van der Waals surface area contributed by atoms with Crippen molar-refractivity contribution in [2.24, 2.45) is 5.73 Å². The molecule has 3 heteroatoms. The topological polar surface area (TPSA) is 32.5 Å². The second-order valence-electron chi connectivity index (χ2n) is 5.31. The van der Waals surface area contributed by atoms with Crippen molar-refractivity contribution in [1.29, 1.82) is 0 Å². The van der Waals surface area contributed by atoms with Gasteiger partial charge >= 0.3 is 0 Å². The van der Waals surface area contributed by atoms with E-state index in [0.29, 0.717) is 0 Å². The lowest BCUT2D eigenvalue weighted by Crippen LogP contribution is -2.47. The molecule has 1 aliphatic carbocycles. The van der Waals surface area contributed by atoms with Crippen molar-refractivity contribution in [2.45, 2.75) is 37.3 Å². The highest BCUT2D eigenvalue weighted by atomic mass is 15.2. The minimum absolute atomic E-state index is 0.179. The average Bonchev–Trinajstić information content (AvgIpc) is 2.84. The lowest BCUT2D eigenvalue weighted by molar-refractivity contribution is 0.136. The minimum Gasteiger partial charge on any atom is -0.324 e. The quantitative estimate of drug-likeness (QED) is 0.715. The van der Waals surface area contributed by atoms with Crippen molar-refractivity contribution in [3.63, 3.8) is 0 Å². The van der Waals surface area contributed by atoms with E-state index in [4.69, 9.17) is 5.73 Å². The van der Waals surface area contributed by atoms with Crippen molar-refractivity contribution in [3.8, 4) is 0 Å². The summed E-state index contributed by atoms with van der Waals surface area (Å²) in [6.07, 6.45) is 5.07. The third-order valence-electron chi connectivity index (χ3n) is 3.77. The van der Waals surface area contributed by atoms with Gasteiger partial charge in [-0.2, -0.15) is 0 Å². The summed E-state index contributed by atoms with van der Waals surface area (Å²) in [5.74, 6) is 0. The van der Waals surface area contributed by atoms with Crippen molar-refractivity contribution in [1.82, 2.24) is 9.80 Å². The van der Waals surface area contributed by atoms with Gasteiger partial charge in [0.2, 0.25) is 0 Å². The highest BCUT2D eigenvalue weighted by molar-refractivity contribution is 5.01. The second kappa shape index (κ2) is 3.80. The summed E-state index contributed by atoms with van der Waals surface area (Å²) in [7, 11) is 4.45. The fraction of sp³-hybridized carbons (Fsp3) is 1.00. The van der Waals surface area contributed by atoms with Gasteiger partial charge in [-0.25, -0.2) is 0 Å². The lowest BCUT2D eigenvalue weighted by atomic mass is 10.0. The number of hydrogen-bond acceptors (Lipinski definition) is 3. The maximum absolute atomic E-state index is 6.13. The standard InChI is InChI=1S/C11H23N3/c1-13-7-3-10(4-8-13)14(2)9-11(12)5-6-11/h10H,3-9,12H2,1-2H3. The molecule has 0 unspecified atom stereocenters. The van der Waals surface area contributed by atoms with E-state index in [9.17, 15) is 0 Å². The number of nitrogens with zero attached hydrogens (tertiary/aromatic N) is 2. The molecule has 82 valence electrons. The molecule has 2 rings (SSSR count). The van der Waals surface area contributed by atoms with Gasteiger partial charge in [0, 0.05) is 18.1 Å². The van der Waals surface area contributed by atoms with Crippen molar-refractivity contribution < 1.29 is 0 Å². The van der Waals surface area contributed by atoms with Crippen LogP contribution >= 0.6 is 0 Å². The molecule has 0 radical (unpaired) electrons. The zero-order valence-corrected chi connectivity index (χ0v) is 9.50. The summed E-state index contributed by atoms with van der Waals surface area (Å²) < 4.78 is 0. The van der Waals surface area contributed by atoms with Gasteiger partial charge in [-0.15, -0.1) is 0 Å². The number of piperidine rings is 1. The van der Waals surface area contributed by atoms with E-state index in [1.54, 1.807) is 0 Å². The summed E-state index contributed by atoms with van der Waals surface area (Å²) in [5.41, 5.74) is 6.31. The van der Waals surface area contributed by atoms with Gasteiger partial charge in [0.25, 0.3) is 0 Å². The Hall–Kier alpha value is -0.120. The molecule has 2 N–H and O–H groups in total. The van der Waals surface area contributed by atoms with Crippen LogP contribution in [0, 0.1) is 0 Å². The molecule has 0 amide bonds. The van der Waals surface area contributed by atoms with Crippen LogP contribution in [0.3, 0.4) is 0 Å². The van der Waals surface area contributed by atoms with Crippen molar-refractivity contribution in [3.05, 3.63) is 0 Å². The van der Waals surface area contributed by atoms with E-state index in [0.717, 1.165) is 12.6 Å². The summed E-state index contributed by atoms with van der Waals surface area (Å²) >= 11 is 0. The van der Waals surface area contributed by atoms with Crippen LogP contribution in [0.4, 0.5) is 0 Å². The summed E-state index contributed by atoms with van der Waals surface area (Å²) in [6, 6.07) is 0.771. The van der Waals surface area contributed by atoms with E-state index >= 15 is 0 Å². The van der Waals surface area contributed by atoms with Gasteiger partial charge in [-0.1, -0.05) is 0 Å². The summed E-state index contributed by atoms with van der Waals surface area (Å²) in [4.78, 5) is 4.90. The molecule has 0 aromatic heterocycles.